The maximum absolute atomic E-state index is 13.3. The van der Waals surface area contributed by atoms with Crippen molar-refractivity contribution in [3.05, 3.63) is 70.0 Å². The Morgan fingerprint density at radius 1 is 1.26 bits per heavy atom. The molecular weight excluding hydrogens is 317 g/mol. The highest BCUT2D eigenvalue weighted by Gasteiger charge is 2.05. The summed E-state index contributed by atoms with van der Waals surface area (Å²) in [5.41, 5.74) is 1.78. The second-order valence-electron chi connectivity index (χ2n) is 4.75. The second kappa shape index (κ2) is 8.21. The molecule has 1 N–H and O–H groups in total. The molecule has 2 rings (SSSR count). The van der Waals surface area contributed by atoms with Crippen LogP contribution in [0.25, 0.3) is 0 Å². The smallest absolute Gasteiger partial charge is 0.408 e. The molecule has 0 heterocycles. The lowest BCUT2D eigenvalue weighted by molar-refractivity contribution is 0.141. The molecule has 0 fully saturated rings. The predicted molar refractivity (Wildman–Crippen MR) is 87.7 cm³/mol. The van der Waals surface area contributed by atoms with Crippen molar-refractivity contribution in [2.45, 2.75) is 13.5 Å². The Kier molecular flexibility index (Phi) is 6.02. The first-order chi connectivity index (χ1) is 11.1. The minimum absolute atomic E-state index is 0.111. The van der Waals surface area contributed by atoms with Crippen LogP contribution in [0.1, 0.15) is 16.7 Å². The third-order valence-corrected chi connectivity index (χ3v) is 3.56. The fourth-order valence-electron chi connectivity index (χ4n) is 1.79. The summed E-state index contributed by atoms with van der Waals surface area (Å²) in [4.78, 5) is 11.5. The van der Waals surface area contributed by atoms with Crippen LogP contribution in [-0.2, 0) is 11.3 Å². The number of benzene rings is 2. The molecule has 0 saturated carbocycles. The fraction of sp³-hybridized carbons (Fsp3) is 0.167. The van der Waals surface area contributed by atoms with Crippen LogP contribution in [0.5, 0.6) is 0 Å². The Morgan fingerprint density at radius 2 is 2.00 bits per heavy atom. The van der Waals surface area contributed by atoms with Crippen molar-refractivity contribution < 1.29 is 13.9 Å². The van der Waals surface area contributed by atoms with Crippen LogP contribution in [0.4, 0.5) is 9.18 Å². The number of alkyl carbamates (subject to hydrolysis) is 1. The Bertz CT molecular complexity index is 751. The van der Waals surface area contributed by atoms with Crippen molar-refractivity contribution in [1.29, 1.82) is 0 Å². The number of halogens is 2. The van der Waals surface area contributed by atoms with Gasteiger partial charge in [-0.15, -0.1) is 0 Å². The molecule has 0 bridgehead atoms. The topological polar surface area (TPSA) is 38.3 Å². The molecule has 118 valence electrons. The standard InChI is InChI=1S/C18H15ClFNO2/c1-13-16(20)10-9-15(17(13)19)8-5-11-21-18(22)23-12-14-6-3-2-4-7-14/h2-4,6-7,9-10H,11-12H2,1H3,(H,21,22). The summed E-state index contributed by atoms with van der Waals surface area (Å²) in [5, 5.41) is 2.80. The number of hydrogen-bond donors (Lipinski definition) is 1. The largest absolute Gasteiger partial charge is 0.445 e. The van der Waals surface area contributed by atoms with Crippen LogP contribution in [0.15, 0.2) is 42.5 Å². The number of ether oxygens (including phenoxy) is 1. The summed E-state index contributed by atoms with van der Waals surface area (Å²) in [7, 11) is 0. The van der Waals surface area contributed by atoms with Crippen molar-refractivity contribution in [3.8, 4) is 11.8 Å². The SMILES string of the molecule is Cc1c(F)ccc(C#CCNC(=O)OCc2ccccc2)c1Cl. The van der Waals surface area contributed by atoms with E-state index in [1.54, 1.807) is 6.92 Å². The molecule has 23 heavy (non-hydrogen) atoms. The van der Waals surface area contributed by atoms with Crippen molar-refractivity contribution in [2.75, 3.05) is 6.54 Å². The molecule has 0 aliphatic carbocycles. The van der Waals surface area contributed by atoms with Gasteiger partial charge in [0, 0.05) is 11.1 Å². The maximum atomic E-state index is 13.3. The number of carbonyl (C=O) groups excluding carboxylic acids is 1. The van der Waals surface area contributed by atoms with E-state index in [2.05, 4.69) is 17.2 Å². The normalized spacial score (nSPS) is 9.70. The summed E-state index contributed by atoms with van der Waals surface area (Å²) in [6.45, 7) is 1.89. The van der Waals surface area contributed by atoms with Gasteiger partial charge in [0.2, 0.25) is 0 Å². The zero-order chi connectivity index (χ0) is 16.7. The summed E-state index contributed by atoms with van der Waals surface area (Å²) < 4.78 is 18.3. The molecule has 0 saturated heterocycles. The summed E-state index contributed by atoms with van der Waals surface area (Å²) in [5.74, 6) is 5.17. The average molecular weight is 332 g/mol. The van der Waals surface area contributed by atoms with Gasteiger partial charge in [-0.05, 0) is 24.6 Å². The van der Waals surface area contributed by atoms with E-state index in [4.69, 9.17) is 16.3 Å². The number of rotatable bonds is 3. The molecule has 0 aliphatic rings. The van der Waals surface area contributed by atoms with Crippen LogP contribution in [0.3, 0.4) is 0 Å². The van der Waals surface area contributed by atoms with Gasteiger partial charge in [-0.3, -0.25) is 0 Å². The van der Waals surface area contributed by atoms with Gasteiger partial charge in [-0.2, -0.15) is 0 Å². The molecule has 0 atom stereocenters. The quantitative estimate of drug-likeness (QED) is 0.861. The van der Waals surface area contributed by atoms with E-state index in [0.717, 1.165) is 5.56 Å². The van der Waals surface area contributed by atoms with E-state index in [1.165, 1.54) is 12.1 Å². The van der Waals surface area contributed by atoms with Gasteiger partial charge in [0.25, 0.3) is 0 Å². The van der Waals surface area contributed by atoms with Gasteiger partial charge in [0.05, 0.1) is 11.6 Å². The Morgan fingerprint density at radius 3 is 2.74 bits per heavy atom. The van der Waals surface area contributed by atoms with E-state index < -0.39 is 6.09 Å². The maximum Gasteiger partial charge on any atom is 0.408 e. The second-order valence-corrected chi connectivity index (χ2v) is 5.13. The van der Waals surface area contributed by atoms with Gasteiger partial charge in [0.1, 0.15) is 12.4 Å². The monoisotopic (exact) mass is 331 g/mol. The van der Waals surface area contributed by atoms with Crippen molar-refractivity contribution in [2.24, 2.45) is 0 Å². The number of carbonyl (C=O) groups is 1. The van der Waals surface area contributed by atoms with Crippen LogP contribution in [-0.4, -0.2) is 12.6 Å². The third-order valence-electron chi connectivity index (χ3n) is 3.08. The Balaban J connectivity index is 1.81. The molecule has 3 nitrogen and oxygen atoms in total. The van der Waals surface area contributed by atoms with Crippen LogP contribution in [0.2, 0.25) is 5.02 Å². The number of hydrogen-bond acceptors (Lipinski definition) is 2. The molecule has 0 aliphatic heterocycles. The van der Waals surface area contributed by atoms with E-state index in [0.29, 0.717) is 11.1 Å². The van der Waals surface area contributed by atoms with Crippen molar-refractivity contribution in [3.63, 3.8) is 0 Å². The van der Waals surface area contributed by atoms with Crippen LogP contribution >= 0.6 is 11.6 Å². The van der Waals surface area contributed by atoms with E-state index in [-0.39, 0.29) is 24.0 Å². The molecule has 1 amide bonds. The zero-order valence-corrected chi connectivity index (χ0v) is 13.3. The van der Waals surface area contributed by atoms with Gasteiger partial charge >= 0.3 is 6.09 Å². The predicted octanol–water partition coefficient (Wildman–Crippen LogP) is 4.07. The minimum atomic E-state index is -0.551. The number of nitrogens with one attached hydrogen (secondary N) is 1. The van der Waals surface area contributed by atoms with E-state index in [1.807, 2.05) is 30.3 Å². The van der Waals surface area contributed by atoms with Crippen LogP contribution < -0.4 is 5.32 Å². The zero-order valence-electron chi connectivity index (χ0n) is 12.5. The highest BCUT2D eigenvalue weighted by Crippen LogP contribution is 2.22. The lowest BCUT2D eigenvalue weighted by atomic mass is 10.1. The molecule has 0 aromatic heterocycles. The molecular formula is C18H15ClFNO2. The lowest BCUT2D eigenvalue weighted by Gasteiger charge is -2.04. The van der Waals surface area contributed by atoms with Crippen LogP contribution in [0, 0.1) is 24.6 Å². The minimum Gasteiger partial charge on any atom is -0.445 e. The average Bonchev–Trinajstić information content (AvgIpc) is 2.57. The van der Waals surface area contributed by atoms with Gasteiger partial charge in [-0.1, -0.05) is 53.8 Å². The molecule has 2 aromatic rings. The van der Waals surface area contributed by atoms with E-state index in [9.17, 15) is 9.18 Å². The van der Waals surface area contributed by atoms with Crippen molar-refractivity contribution in [1.82, 2.24) is 5.32 Å². The van der Waals surface area contributed by atoms with Gasteiger partial charge in [0.15, 0.2) is 0 Å². The summed E-state index contributed by atoms with van der Waals surface area (Å²) >= 11 is 6.00. The first kappa shape index (κ1) is 16.9. The molecule has 0 unspecified atom stereocenters. The summed E-state index contributed by atoms with van der Waals surface area (Å²) in [6, 6.07) is 12.2. The van der Waals surface area contributed by atoms with Gasteiger partial charge < -0.3 is 10.1 Å². The molecule has 5 heteroatoms. The molecule has 0 spiro atoms. The molecule has 0 radical (unpaired) electrons. The molecule has 2 aromatic carbocycles. The fourth-order valence-corrected chi connectivity index (χ4v) is 1.99. The summed E-state index contributed by atoms with van der Waals surface area (Å²) in [6.07, 6.45) is -0.551. The Labute approximate surface area is 139 Å². The lowest BCUT2D eigenvalue weighted by Crippen LogP contribution is -2.24. The highest BCUT2D eigenvalue weighted by molar-refractivity contribution is 6.32. The third kappa shape index (κ3) is 5.01. The van der Waals surface area contributed by atoms with Gasteiger partial charge in [-0.25, -0.2) is 9.18 Å². The first-order valence-corrected chi connectivity index (χ1v) is 7.33. The van der Waals surface area contributed by atoms with Crippen molar-refractivity contribution >= 4 is 17.7 Å². The van der Waals surface area contributed by atoms with E-state index >= 15 is 0 Å². The first-order valence-electron chi connectivity index (χ1n) is 6.96. The number of amides is 1. The highest BCUT2D eigenvalue weighted by atomic mass is 35.5. The Hall–Kier alpha value is -2.51.